The first kappa shape index (κ1) is 12.6. The first-order chi connectivity index (χ1) is 8.22. The molecule has 1 aliphatic heterocycles. The van der Waals surface area contributed by atoms with Gasteiger partial charge in [-0.25, -0.2) is 0 Å². The van der Waals surface area contributed by atoms with Crippen molar-refractivity contribution in [3.05, 3.63) is 28.2 Å². The Hall–Kier alpha value is -0.880. The molecular formula is C11H14BrN3OS. The topological polar surface area (TPSA) is 61.9 Å². The molecule has 6 heteroatoms. The number of thioether (sulfide) groups is 1. The van der Waals surface area contributed by atoms with Gasteiger partial charge in [0.25, 0.3) is 0 Å². The Balaban J connectivity index is 2.23. The third-order valence-electron chi connectivity index (χ3n) is 2.71. The molecule has 1 heterocycles. The smallest absolute Gasteiger partial charge is 0.171 e. The van der Waals surface area contributed by atoms with Crippen LogP contribution in [0.2, 0.25) is 0 Å². The average molecular weight is 316 g/mol. The zero-order chi connectivity index (χ0) is 12.3. The average Bonchev–Trinajstić information content (AvgIpc) is 2.39. The lowest BCUT2D eigenvalue weighted by Gasteiger charge is -2.28. The number of halogens is 1. The highest BCUT2D eigenvalue weighted by molar-refractivity contribution is 9.10. The highest BCUT2D eigenvalue weighted by Gasteiger charge is 2.13. The minimum atomic E-state index is 0.123. The molecule has 0 saturated carbocycles. The number of hydrogen-bond acceptors (Lipinski definition) is 4. The second-order valence-corrected chi connectivity index (χ2v) is 5.83. The van der Waals surface area contributed by atoms with Crippen LogP contribution in [-0.4, -0.2) is 35.6 Å². The molecule has 1 saturated heterocycles. The number of oxime groups is 1. The van der Waals surface area contributed by atoms with E-state index in [1.807, 2.05) is 30.0 Å². The molecule has 1 aromatic carbocycles. The summed E-state index contributed by atoms with van der Waals surface area (Å²) in [5, 5.41) is 11.7. The Morgan fingerprint density at radius 1 is 1.41 bits per heavy atom. The van der Waals surface area contributed by atoms with Gasteiger partial charge in [0.2, 0.25) is 0 Å². The molecule has 0 aromatic heterocycles. The standard InChI is InChI=1S/C11H14BrN3OS/c12-10-7-8(15-3-5-17-6-4-15)1-2-9(10)11(13)14-16/h1-2,7,16H,3-6H2,(H2,13,14). The molecule has 0 unspecified atom stereocenters. The van der Waals surface area contributed by atoms with Crippen LogP contribution in [0.3, 0.4) is 0 Å². The van der Waals surface area contributed by atoms with Gasteiger partial charge in [-0.2, -0.15) is 11.8 Å². The van der Waals surface area contributed by atoms with E-state index >= 15 is 0 Å². The third kappa shape index (κ3) is 2.87. The van der Waals surface area contributed by atoms with Gasteiger partial charge >= 0.3 is 0 Å². The maximum absolute atomic E-state index is 8.66. The summed E-state index contributed by atoms with van der Waals surface area (Å²) in [6, 6.07) is 5.90. The molecule has 0 radical (unpaired) electrons. The lowest BCUT2D eigenvalue weighted by atomic mass is 10.2. The summed E-state index contributed by atoms with van der Waals surface area (Å²) < 4.78 is 0.850. The highest BCUT2D eigenvalue weighted by atomic mass is 79.9. The maximum atomic E-state index is 8.66. The molecule has 1 fully saturated rings. The van der Waals surface area contributed by atoms with Crippen molar-refractivity contribution in [1.29, 1.82) is 0 Å². The van der Waals surface area contributed by atoms with Crippen molar-refractivity contribution in [2.24, 2.45) is 10.9 Å². The summed E-state index contributed by atoms with van der Waals surface area (Å²) in [4.78, 5) is 2.34. The van der Waals surface area contributed by atoms with Crippen LogP contribution in [0.4, 0.5) is 5.69 Å². The van der Waals surface area contributed by atoms with Crippen molar-refractivity contribution in [3.8, 4) is 0 Å². The van der Waals surface area contributed by atoms with Gasteiger partial charge in [0.1, 0.15) is 0 Å². The first-order valence-electron chi connectivity index (χ1n) is 5.32. The molecule has 3 N–H and O–H groups in total. The molecular weight excluding hydrogens is 302 g/mol. The summed E-state index contributed by atoms with van der Waals surface area (Å²) in [6.45, 7) is 2.14. The third-order valence-corrected chi connectivity index (χ3v) is 4.31. The van der Waals surface area contributed by atoms with Crippen molar-refractivity contribution in [1.82, 2.24) is 0 Å². The number of nitrogens with two attached hydrogens (primary N) is 1. The number of amidine groups is 1. The first-order valence-corrected chi connectivity index (χ1v) is 7.27. The Bertz CT molecular complexity index is 433. The van der Waals surface area contributed by atoms with Gasteiger partial charge in [-0.3, -0.25) is 0 Å². The van der Waals surface area contributed by atoms with Gasteiger partial charge in [-0.1, -0.05) is 5.16 Å². The predicted molar refractivity (Wildman–Crippen MR) is 76.2 cm³/mol. The number of rotatable bonds is 2. The van der Waals surface area contributed by atoms with Crippen LogP contribution in [0.25, 0.3) is 0 Å². The summed E-state index contributed by atoms with van der Waals surface area (Å²) in [5.74, 6) is 2.46. The second kappa shape index (κ2) is 5.64. The van der Waals surface area contributed by atoms with E-state index in [9.17, 15) is 0 Å². The van der Waals surface area contributed by atoms with E-state index in [1.165, 1.54) is 17.2 Å². The monoisotopic (exact) mass is 315 g/mol. The molecule has 0 aliphatic carbocycles. The molecule has 4 nitrogen and oxygen atoms in total. The van der Waals surface area contributed by atoms with E-state index < -0.39 is 0 Å². The molecule has 17 heavy (non-hydrogen) atoms. The Morgan fingerprint density at radius 2 is 2.12 bits per heavy atom. The molecule has 0 bridgehead atoms. The van der Waals surface area contributed by atoms with Gasteiger partial charge in [-0.15, -0.1) is 0 Å². The largest absolute Gasteiger partial charge is 0.409 e. The van der Waals surface area contributed by atoms with Crippen LogP contribution >= 0.6 is 27.7 Å². The molecule has 2 rings (SSSR count). The van der Waals surface area contributed by atoms with E-state index in [2.05, 4.69) is 26.0 Å². The molecule has 0 amide bonds. The van der Waals surface area contributed by atoms with Crippen LogP contribution < -0.4 is 10.6 Å². The summed E-state index contributed by atoms with van der Waals surface area (Å²) >= 11 is 5.43. The maximum Gasteiger partial charge on any atom is 0.171 e. The molecule has 0 atom stereocenters. The molecule has 1 aromatic rings. The van der Waals surface area contributed by atoms with Crippen molar-refractivity contribution in [2.75, 3.05) is 29.5 Å². The van der Waals surface area contributed by atoms with Gasteiger partial charge < -0.3 is 15.8 Å². The van der Waals surface area contributed by atoms with E-state index in [1.54, 1.807) is 0 Å². The molecule has 0 spiro atoms. The van der Waals surface area contributed by atoms with Crippen LogP contribution in [0.5, 0.6) is 0 Å². The van der Waals surface area contributed by atoms with Crippen molar-refractivity contribution in [3.63, 3.8) is 0 Å². The Labute approximate surface area is 113 Å². The van der Waals surface area contributed by atoms with Crippen molar-refractivity contribution in [2.45, 2.75) is 0 Å². The summed E-state index contributed by atoms with van der Waals surface area (Å²) in [7, 11) is 0. The number of hydrogen-bond donors (Lipinski definition) is 2. The van der Waals surface area contributed by atoms with Gasteiger partial charge in [-0.05, 0) is 34.1 Å². The van der Waals surface area contributed by atoms with Gasteiger partial charge in [0.15, 0.2) is 5.84 Å². The highest BCUT2D eigenvalue weighted by Crippen LogP contribution is 2.26. The number of benzene rings is 1. The SMILES string of the molecule is N/C(=N/O)c1ccc(N2CCSCC2)cc1Br. The Morgan fingerprint density at radius 3 is 2.71 bits per heavy atom. The minimum absolute atomic E-state index is 0.123. The van der Waals surface area contributed by atoms with E-state index in [0.29, 0.717) is 5.56 Å². The fourth-order valence-electron chi connectivity index (χ4n) is 1.78. The summed E-state index contributed by atoms with van der Waals surface area (Å²) in [6.07, 6.45) is 0. The van der Waals surface area contributed by atoms with Crippen LogP contribution in [-0.2, 0) is 0 Å². The fraction of sp³-hybridized carbons (Fsp3) is 0.364. The minimum Gasteiger partial charge on any atom is -0.409 e. The summed E-state index contributed by atoms with van der Waals surface area (Å²) in [5.41, 5.74) is 7.46. The number of anilines is 1. The predicted octanol–water partition coefficient (Wildman–Crippen LogP) is 2.10. The molecule has 1 aliphatic rings. The zero-order valence-electron chi connectivity index (χ0n) is 9.27. The normalized spacial score (nSPS) is 17.2. The van der Waals surface area contributed by atoms with Crippen LogP contribution in [0.15, 0.2) is 27.8 Å². The van der Waals surface area contributed by atoms with Crippen molar-refractivity contribution >= 4 is 39.2 Å². The number of nitrogens with zero attached hydrogens (tertiary/aromatic N) is 2. The lowest BCUT2D eigenvalue weighted by molar-refractivity contribution is 0.318. The van der Waals surface area contributed by atoms with Gasteiger partial charge in [0.05, 0.1) is 0 Å². The quantitative estimate of drug-likeness (QED) is 0.380. The van der Waals surface area contributed by atoms with E-state index in [-0.39, 0.29) is 5.84 Å². The van der Waals surface area contributed by atoms with E-state index in [4.69, 9.17) is 10.9 Å². The van der Waals surface area contributed by atoms with Crippen LogP contribution in [0, 0.1) is 0 Å². The Kier molecular flexibility index (Phi) is 4.17. The lowest BCUT2D eigenvalue weighted by Crippen LogP contribution is -2.32. The zero-order valence-corrected chi connectivity index (χ0v) is 11.7. The van der Waals surface area contributed by atoms with E-state index in [0.717, 1.165) is 17.6 Å². The van der Waals surface area contributed by atoms with Crippen LogP contribution in [0.1, 0.15) is 5.56 Å². The fourth-order valence-corrected chi connectivity index (χ4v) is 3.26. The van der Waals surface area contributed by atoms with Gasteiger partial charge in [0, 0.05) is 40.3 Å². The molecule has 92 valence electrons. The van der Waals surface area contributed by atoms with Crippen molar-refractivity contribution < 1.29 is 5.21 Å². The second-order valence-electron chi connectivity index (χ2n) is 3.75.